The number of carboxylic acids is 1. The minimum absolute atomic E-state index is 0. The first-order valence-electron chi connectivity index (χ1n) is 45.3. The molecule has 0 bridgehead atoms. The number of hydrogen-bond acceptors (Lipinski definition) is 21. The van der Waals surface area contributed by atoms with E-state index in [4.69, 9.17) is 30.4 Å². The maximum absolute atomic E-state index is 14.1. The number of amides is 13. The fourth-order valence-electron chi connectivity index (χ4n) is 15.6. The lowest BCUT2D eigenvalue weighted by molar-refractivity contribution is -0.152. The van der Waals surface area contributed by atoms with Gasteiger partial charge in [-0.15, -0.1) is 0 Å². The third kappa shape index (κ3) is 39.7. The van der Waals surface area contributed by atoms with Gasteiger partial charge in [-0.05, 0) is 146 Å². The Morgan fingerprint density at radius 1 is 0.493 bits per heavy atom. The van der Waals surface area contributed by atoms with Crippen molar-refractivity contribution in [2.45, 2.75) is 253 Å². The zero-order valence-corrected chi connectivity index (χ0v) is 77.7. The fourth-order valence-corrected chi connectivity index (χ4v) is 15.6. The summed E-state index contributed by atoms with van der Waals surface area (Å²) in [7, 11) is 4.23. The number of hydrogen-bond donors (Lipinski definition) is 11. The van der Waals surface area contributed by atoms with Crippen molar-refractivity contribution in [1.82, 2.24) is 67.3 Å². The maximum atomic E-state index is 14.1. The lowest BCUT2D eigenvalue weighted by Crippen LogP contribution is -2.58. The smallest absolute Gasteiger partial charge is 0.410 e. The van der Waals surface area contributed by atoms with E-state index in [1.807, 2.05) is 103 Å². The molecule has 3 aliphatic heterocycles. The number of aliphatic imine (C=N–C) groups is 2. The molecule has 746 valence electrons. The number of aliphatic carboxylic acids is 1. The van der Waals surface area contributed by atoms with E-state index in [9.17, 15) is 77.0 Å². The molecular formula is C99H145N17O20. The lowest BCUT2D eigenvalue weighted by atomic mass is 9.98. The molecule has 0 spiro atoms. The summed E-state index contributed by atoms with van der Waals surface area (Å²) < 4.78 is 21.0. The van der Waals surface area contributed by atoms with Crippen molar-refractivity contribution < 1.29 is 96.0 Å². The highest BCUT2D eigenvalue weighted by Crippen LogP contribution is 2.27. The molecule has 9 rings (SSSR count). The van der Waals surface area contributed by atoms with Crippen LogP contribution in [0.1, 0.15) is 194 Å². The van der Waals surface area contributed by atoms with Crippen molar-refractivity contribution in [2.75, 3.05) is 73.7 Å². The molecule has 1 saturated carbocycles. The Morgan fingerprint density at radius 3 is 1.39 bits per heavy atom. The first kappa shape index (κ1) is 115. The molecule has 37 nitrogen and oxygen atoms in total. The third-order valence-electron chi connectivity index (χ3n) is 22.5. The second-order valence-corrected chi connectivity index (χ2v) is 34.2. The second kappa shape index (κ2) is 60.1. The SMILES string of the molecule is C.C.C.CC(C)(C)OC(=O)N1CCC[C@@H]1C(=O)NCC(=O)N[C@@H](Cc1ccccc1)C(=O)N[C@@H](COCc1ccccc1)C(=O)N1CCC[C@@H]1C(=O)O.CC[C@H](NC(=O)[C@H](Cc1ccccc1)NC(=O)CNC(=O)C1CCCC1)C(=O)N1CCC[C@@H]1C(=O)NN(Cc1ccccc1)C(=O)C[C@H](CCCN=C(C)N)C(=O)OC.COC(=O)[C@@H](CCCN=C(C)N)NC(=O)N(C)Cc1ccccc1. The first-order valence-corrected chi connectivity index (χ1v) is 45.3. The monoisotopic (exact) mass is 1890 g/mol. The molecule has 1 aliphatic carbocycles. The van der Waals surface area contributed by atoms with Crippen molar-refractivity contribution in [1.29, 1.82) is 0 Å². The predicted molar refractivity (Wildman–Crippen MR) is 516 cm³/mol. The number of methoxy groups -OCH3 is 2. The van der Waals surface area contributed by atoms with Gasteiger partial charge in [-0.3, -0.25) is 73.1 Å². The molecule has 3 heterocycles. The van der Waals surface area contributed by atoms with Gasteiger partial charge in [-0.1, -0.05) is 194 Å². The summed E-state index contributed by atoms with van der Waals surface area (Å²) in [5, 5.41) is 29.7. The van der Waals surface area contributed by atoms with Gasteiger partial charge in [0.2, 0.25) is 53.2 Å². The first-order chi connectivity index (χ1) is 63.6. The summed E-state index contributed by atoms with van der Waals surface area (Å²) in [6, 6.07) is 37.7. The molecule has 5 aromatic rings. The minimum atomic E-state index is -1.23. The summed E-state index contributed by atoms with van der Waals surface area (Å²) >= 11 is 0. The summed E-state index contributed by atoms with van der Waals surface area (Å²) in [6.45, 7) is 11.6. The van der Waals surface area contributed by atoms with E-state index in [1.54, 1.807) is 97.1 Å². The number of amidine groups is 2. The lowest BCUT2D eigenvalue weighted by Gasteiger charge is -2.31. The van der Waals surface area contributed by atoms with Crippen LogP contribution in [-0.2, 0) is 114 Å². The van der Waals surface area contributed by atoms with Crippen LogP contribution in [0.3, 0.4) is 0 Å². The number of carboxylic acid groups (broad SMARTS) is 1. The van der Waals surface area contributed by atoms with Crippen LogP contribution in [-0.4, -0.2) is 258 Å². The highest BCUT2D eigenvalue weighted by atomic mass is 16.6. The Morgan fingerprint density at radius 2 is 0.919 bits per heavy atom. The molecule has 9 atom stereocenters. The zero-order chi connectivity index (χ0) is 96.9. The van der Waals surface area contributed by atoms with Crippen LogP contribution >= 0.6 is 0 Å². The van der Waals surface area contributed by atoms with Crippen LogP contribution in [0.5, 0.6) is 0 Å². The summed E-state index contributed by atoms with van der Waals surface area (Å²) in [4.78, 5) is 210. The predicted octanol–water partition coefficient (Wildman–Crippen LogP) is 7.74. The molecule has 3 saturated heterocycles. The summed E-state index contributed by atoms with van der Waals surface area (Å²) in [5.41, 5.74) is 17.2. The van der Waals surface area contributed by atoms with Gasteiger partial charge in [0, 0.05) is 71.5 Å². The summed E-state index contributed by atoms with van der Waals surface area (Å²) in [6.07, 6.45) is 7.55. The number of rotatable bonds is 42. The third-order valence-corrected chi connectivity index (χ3v) is 22.5. The van der Waals surface area contributed by atoms with Gasteiger partial charge in [0.15, 0.2) is 0 Å². The Bertz CT molecular complexity index is 4690. The topological polar surface area (TPSA) is 502 Å². The number of benzene rings is 5. The molecule has 4 aliphatic rings. The van der Waals surface area contributed by atoms with Crippen LogP contribution in [0.15, 0.2) is 162 Å². The number of nitrogens with zero attached hydrogens (tertiary/aromatic N) is 7. The molecule has 13 N–H and O–H groups in total. The van der Waals surface area contributed by atoms with E-state index in [0.717, 1.165) is 53.5 Å². The molecule has 136 heavy (non-hydrogen) atoms. The molecule has 13 amide bonds. The van der Waals surface area contributed by atoms with E-state index in [0.29, 0.717) is 102 Å². The Kier molecular flexibility index (Phi) is 50.8. The average molecular weight is 1890 g/mol. The molecular weight excluding hydrogens is 1750 g/mol. The quantitative estimate of drug-likeness (QED) is 0.00444. The van der Waals surface area contributed by atoms with E-state index in [-0.39, 0.29) is 105 Å². The number of carbonyl (C=O) groups is 15. The van der Waals surface area contributed by atoms with Gasteiger partial charge >= 0.3 is 30.0 Å². The molecule has 0 radical (unpaired) electrons. The maximum Gasteiger partial charge on any atom is 0.410 e. The van der Waals surface area contributed by atoms with Crippen LogP contribution in [0, 0.1) is 11.8 Å². The van der Waals surface area contributed by atoms with Crippen LogP contribution in [0.25, 0.3) is 0 Å². The van der Waals surface area contributed by atoms with Gasteiger partial charge in [-0.25, -0.2) is 24.2 Å². The van der Waals surface area contributed by atoms with Gasteiger partial charge < -0.3 is 87.4 Å². The van der Waals surface area contributed by atoms with Crippen molar-refractivity contribution in [3.8, 4) is 0 Å². The number of hydrazine groups is 1. The molecule has 0 aromatic heterocycles. The van der Waals surface area contributed by atoms with Crippen molar-refractivity contribution >= 4 is 101 Å². The zero-order valence-electron chi connectivity index (χ0n) is 77.7. The van der Waals surface area contributed by atoms with Gasteiger partial charge in [0.25, 0.3) is 5.91 Å². The number of likely N-dealkylation sites (tertiary alicyclic amines) is 3. The van der Waals surface area contributed by atoms with E-state index in [1.165, 1.54) is 38.8 Å². The van der Waals surface area contributed by atoms with Gasteiger partial charge in [-0.2, -0.15) is 0 Å². The largest absolute Gasteiger partial charge is 0.480 e. The highest BCUT2D eigenvalue weighted by molar-refractivity contribution is 5.98. The average Bonchev–Trinajstić information content (AvgIpc) is 1.58. The second-order valence-electron chi connectivity index (χ2n) is 34.2. The van der Waals surface area contributed by atoms with Gasteiger partial charge in [0.05, 0.1) is 64.7 Å². The van der Waals surface area contributed by atoms with Crippen molar-refractivity contribution in [2.24, 2.45) is 33.3 Å². The Hall–Kier alpha value is -13.4. The number of urea groups is 1. The number of nitrogens with one attached hydrogen (secondary N) is 8. The van der Waals surface area contributed by atoms with Crippen molar-refractivity contribution in [3.05, 3.63) is 179 Å². The molecule has 0 unspecified atom stereocenters. The molecule has 37 heteroatoms. The van der Waals surface area contributed by atoms with E-state index in [2.05, 4.69) is 52.6 Å². The highest BCUT2D eigenvalue weighted by Gasteiger charge is 2.43. The molecule has 4 fully saturated rings. The Balaban J connectivity index is 0.000000455. The van der Waals surface area contributed by atoms with Gasteiger partial charge in [0.1, 0.15) is 53.9 Å². The number of ether oxygens (including phenoxy) is 4. The number of carbonyl (C=O) groups excluding carboxylic acids is 14. The fraction of sp³-hybridized carbons (Fsp3) is 0.525. The molecule has 5 aromatic carbocycles. The van der Waals surface area contributed by atoms with Crippen LogP contribution in [0.4, 0.5) is 9.59 Å². The van der Waals surface area contributed by atoms with E-state index < -0.39 is 144 Å². The minimum Gasteiger partial charge on any atom is -0.480 e. The standard InChI is InChI=1S/C43H60N8O8.C36H47N5O9.C17H26N4O3.3CH4/c1-4-34(48-40(55)35(25-30-15-7-5-8-16-30)47-37(52)27-46-39(54)32-19-11-12-20-32)42(57)50-24-14-22-36(50)41(56)49-51(28-31-17-9-6-10-18-31)38(53)26-33(43(58)59-3)21-13-23-45-29(2)44;1-36(2,3)50-35(48)41-19-10-16-28(41)32(44)37-21-30(42)38-26(20-24-12-6-4-7-13-24)31(43)39-27(23-49-22-25-14-8-5-9-15-25)33(45)40-18-11-17-29(40)34(46)47;1-13(18)19-11-7-10-15(16(22)24-3)20-17(23)21(2)12-14-8-5-4-6-9-14;;;/h5-10,15-18,32-36H,4,11-14,19-28H2,1-3H3,(H2,44,45)(H,46,54)(H,47,52)(H,48,55)(H,49,56);4-9,12-15,26-29H,10-11,16-23H2,1-3H3,(H,37,44)(H,38,42)(H,39,43)(H,46,47);4-6,8-9,15H,7,10-12H2,1-3H3,(H2,18,19)(H,20,23);3*1H4/t33-,34-,35-,36+;26-,27-,28+,29+;15-;;;/m001.../s1. The van der Waals surface area contributed by atoms with Crippen LogP contribution < -0.4 is 54.1 Å². The van der Waals surface area contributed by atoms with Crippen LogP contribution in [0.2, 0.25) is 0 Å². The normalized spacial score (nSPS) is 16.4. The summed E-state index contributed by atoms with van der Waals surface area (Å²) in [5.74, 6) is -7.51. The number of esters is 2. The van der Waals surface area contributed by atoms with Crippen molar-refractivity contribution in [3.63, 3.8) is 0 Å². The Labute approximate surface area is 799 Å². The number of nitrogens with two attached hydrogens (primary N) is 2. The van der Waals surface area contributed by atoms with E-state index >= 15 is 0 Å².